The molecule has 1 fully saturated rings. The molecule has 1 aromatic heterocycles. The Hall–Kier alpha value is -2.34. The van der Waals surface area contributed by atoms with Crippen molar-refractivity contribution in [1.29, 1.82) is 0 Å². The third-order valence-corrected chi connectivity index (χ3v) is 7.05. The maximum Gasteiger partial charge on any atom is 0.315 e. The van der Waals surface area contributed by atoms with Gasteiger partial charge in [0, 0.05) is 36.5 Å². The van der Waals surface area contributed by atoms with Gasteiger partial charge in [-0.1, -0.05) is 36.9 Å². The number of aryl methyl sites for hydroxylation is 1. The van der Waals surface area contributed by atoms with Gasteiger partial charge in [-0.3, -0.25) is 9.59 Å². The van der Waals surface area contributed by atoms with Crippen molar-refractivity contribution in [3.8, 4) is 5.75 Å². The van der Waals surface area contributed by atoms with Gasteiger partial charge >= 0.3 is 5.56 Å². The largest absolute Gasteiger partial charge is 0.501 e. The van der Waals surface area contributed by atoms with Gasteiger partial charge in [-0.2, -0.15) is 4.98 Å². The molecule has 0 saturated heterocycles. The van der Waals surface area contributed by atoms with Crippen molar-refractivity contribution in [2.45, 2.75) is 70.4 Å². The summed E-state index contributed by atoms with van der Waals surface area (Å²) in [6, 6.07) is 6.09. The van der Waals surface area contributed by atoms with Crippen molar-refractivity contribution in [3.63, 3.8) is 0 Å². The Kier molecular flexibility index (Phi) is 5.39. The van der Waals surface area contributed by atoms with E-state index in [1.54, 1.807) is 16.5 Å². The number of rotatable bonds is 3. The highest BCUT2D eigenvalue weighted by Crippen LogP contribution is 2.43. The second-order valence-corrected chi connectivity index (χ2v) is 9.38. The first-order chi connectivity index (χ1) is 14.2. The topological polar surface area (TPSA) is 75.4 Å². The van der Waals surface area contributed by atoms with Crippen LogP contribution in [0.15, 0.2) is 23.0 Å². The molecule has 0 radical (unpaired) electrons. The Balaban J connectivity index is 1.86. The number of aromatic hydroxyl groups is 1. The van der Waals surface area contributed by atoms with E-state index in [1.807, 2.05) is 26.0 Å². The minimum absolute atomic E-state index is 0.0526. The fourth-order valence-corrected chi connectivity index (χ4v) is 5.32. The number of benzene rings is 1. The number of likely N-dealkylation sites (N-methyl/N-ethyl adjacent to an activating group) is 1. The highest BCUT2D eigenvalue weighted by Gasteiger charge is 2.39. The van der Waals surface area contributed by atoms with Crippen LogP contribution in [-0.4, -0.2) is 38.6 Å². The van der Waals surface area contributed by atoms with Crippen LogP contribution in [0.3, 0.4) is 0 Å². The summed E-state index contributed by atoms with van der Waals surface area (Å²) in [7, 11) is 1.69. The molecule has 1 aliphatic carbocycles. The fourth-order valence-electron chi connectivity index (χ4n) is 5.03. The summed E-state index contributed by atoms with van der Waals surface area (Å²) in [4.78, 5) is 31.1. The standard InChI is InChI=1S/C23H28ClN3O3/c1-14-9-16(11-17(24)10-14)23(7-5-4-6-8-23)12-18-25-21(29)20(28)19-22(30)26(3)15(2)13-27(18)19/h9-11,15,28H,4-8,12-13H2,1-3H3. The highest BCUT2D eigenvalue weighted by molar-refractivity contribution is 6.30. The number of aromatic nitrogens is 2. The molecule has 1 atom stereocenters. The lowest BCUT2D eigenvalue weighted by Crippen LogP contribution is -2.47. The second-order valence-electron chi connectivity index (χ2n) is 8.94. The zero-order valence-corrected chi connectivity index (χ0v) is 18.5. The number of hydrogen-bond acceptors (Lipinski definition) is 4. The lowest BCUT2D eigenvalue weighted by molar-refractivity contribution is 0.0660. The number of halogens is 1. The summed E-state index contributed by atoms with van der Waals surface area (Å²) in [6.07, 6.45) is 5.86. The van der Waals surface area contributed by atoms with Crippen molar-refractivity contribution in [1.82, 2.24) is 14.5 Å². The lowest BCUT2D eigenvalue weighted by atomic mass is 9.67. The van der Waals surface area contributed by atoms with E-state index in [0.717, 1.165) is 36.8 Å². The van der Waals surface area contributed by atoms with Gasteiger partial charge in [0.05, 0.1) is 0 Å². The van der Waals surface area contributed by atoms with Gasteiger partial charge in [0.2, 0.25) is 5.75 Å². The average Bonchev–Trinajstić information content (AvgIpc) is 2.70. The first-order valence-corrected chi connectivity index (χ1v) is 11.0. The van der Waals surface area contributed by atoms with Gasteiger partial charge in [0.1, 0.15) is 5.82 Å². The van der Waals surface area contributed by atoms with Gasteiger partial charge in [-0.05, 0) is 49.9 Å². The molecule has 0 bridgehead atoms. The Morgan fingerprint density at radius 2 is 1.90 bits per heavy atom. The average molecular weight is 430 g/mol. The number of nitrogens with zero attached hydrogens (tertiary/aromatic N) is 3. The van der Waals surface area contributed by atoms with Crippen LogP contribution in [0.4, 0.5) is 0 Å². The summed E-state index contributed by atoms with van der Waals surface area (Å²) in [5.41, 5.74) is 1.39. The van der Waals surface area contributed by atoms with E-state index in [4.69, 9.17) is 11.6 Å². The van der Waals surface area contributed by atoms with Crippen LogP contribution in [0.5, 0.6) is 5.75 Å². The molecule has 7 heteroatoms. The Morgan fingerprint density at radius 1 is 1.20 bits per heavy atom. The molecular weight excluding hydrogens is 402 g/mol. The van der Waals surface area contributed by atoms with Gasteiger partial charge in [-0.25, -0.2) is 0 Å². The molecule has 1 saturated carbocycles. The highest BCUT2D eigenvalue weighted by atomic mass is 35.5. The Bertz CT molecular complexity index is 1040. The molecule has 30 heavy (non-hydrogen) atoms. The molecule has 1 amide bonds. The zero-order valence-electron chi connectivity index (χ0n) is 17.7. The van der Waals surface area contributed by atoms with E-state index >= 15 is 0 Å². The van der Waals surface area contributed by atoms with Crippen LogP contribution in [0.25, 0.3) is 0 Å². The van der Waals surface area contributed by atoms with Crippen LogP contribution in [0, 0.1) is 6.92 Å². The smallest absolute Gasteiger partial charge is 0.315 e. The normalized spacial score (nSPS) is 20.9. The van der Waals surface area contributed by atoms with E-state index < -0.39 is 11.3 Å². The Morgan fingerprint density at radius 3 is 2.57 bits per heavy atom. The number of fused-ring (bicyclic) bond motifs is 1. The summed E-state index contributed by atoms with van der Waals surface area (Å²) < 4.78 is 1.76. The van der Waals surface area contributed by atoms with Crippen molar-refractivity contribution >= 4 is 17.5 Å². The van der Waals surface area contributed by atoms with Gasteiger partial charge in [-0.15, -0.1) is 0 Å². The molecule has 2 aromatic rings. The first-order valence-electron chi connectivity index (χ1n) is 10.6. The second kappa shape index (κ2) is 7.73. The van der Waals surface area contributed by atoms with Crippen molar-refractivity contribution in [2.75, 3.05) is 7.05 Å². The molecule has 2 heterocycles. The maximum atomic E-state index is 12.8. The van der Waals surface area contributed by atoms with E-state index in [9.17, 15) is 14.7 Å². The fraction of sp³-hybridized carbons (Fsp3) is 0.522. The van der Waals surface area contributed by atoms with Crippen molar-refractivity contribution < 1.29 is 9.90 Å². The molecule has 1 unspecified atom stereocenters. The quantitative estimate of drug-likeness (QED) is 0.804. The molecule has 1 aliphatic heterocycles. The van der Waals surface area contributed by atoms with Crippen molar-refractivity contribution in [2.24, 2.45) is 0 Å². The summed E-state index contributed by atoms with van der Waals surface area (Å²) >= 11 is 6.40. The zero-order chi connectivity index (χ0) is 21.6. The van der Waals surface area contributed by atoms with Crippen molar-refractivity contribution in [3.05, 3.63) is 56.2 Å². The molecule has 160 valence electrons. The number of carbonyl (C=O) groups is 1. The maximum absolute atomic E-state index is 12.8. The minimum Gasteiger partial charge on any atom is -0.501 e. The molecule has 1 N–H and O–H groups in total. The summed E-state index contributed by atoms with van der Waals surface area (Å²) in [5.74, 6) is -0.331. The Labute approximate surface area is 181 Å². The lowest BCUT2D eigenvalue weighted by Gasteiger charge is -2.40. The van der Waals surface area contributed by atoms with Crippen LogP contribution in [0.1, 0.15) is 66.5 Å². The SMILES string of the molecule is Cc1cc(Cl)cc(C2(Cc3nc(=O)c(O)c4n3CC(C)N(C)C4=O)CCCCC2)c1. The predicted octanol–water partition coefficient (Wildman–Crippen LogP) is 3.83. The molecular formula is C23H28ClN3O3. The van der Waals surface area contributed by atoms with Crippen LogP contribution in [-0.2, 0) is 18.4 Å². The third kappa shape index (κ3) is 3.51. The summed E-state index contributed by atoms with van der Waals surface area (Å²) in [5, 5.41) is 11.0. The van der Waals surface area contributed by atoms with Crippen LogP contribution in [0.2, 0.25) is 5.02 Å². The van der Waals surface area contributed by atoms with E-state index in [0.29, 0.717) is 23.8 Å². The molecule has 2 aliphatic rings. The van der Waals surface area contributed by atoms with E-state index in [1.165, 1.54) is 6.42 Å². The first kappa shape index (κ1) is 20.9. The monoisotopic (exact) mass is 429 g/mol. The van der Waals surface area contributed by atoms with Crippen LogP contribution >= 0.6 is 11.6 Å². The molecule has 0 spiro atoms. The van der Waals surface area contributed by atoms with E-state index in [-0.39, 0.29) is 23.1 Å². The number of amides is 1. The molecule has 4 rings (SSSR count). The molecule has 1 aromatic carbocycles. The predicted molar refractivity (Wildman–Crippen MR) is 116 cm³/mol. The van der Waals surface area contributed by atoms with Crippen LogP contribution < -0.4 is 5.56 Å². The number of hydrogen-bond donors (Lipinski definition) is 1. The third-order valence-electron chi connectivity index (χ3n) is 6.83. The summed E-state index contributed by atoms with van der Waals surface area (Å²) in [6.45, 7) is 4.49. The van der Waals surface area contributed by atoms with Gasteiger partial charge < -0.3 is 14.6 Å². The van der Waals surface area contributed by atoms with Gasteiger partial charge in [0.25, 0.3) is 5.91 Å². The molecule has 6 nitrogen and oxygen atoms in total. The van der Waals surface area contributed by atoms with Gasteiger partial charge in [0.15, 0.2) is 5.69 Å². The number of carbonyl (C=O) groups excluding carboxylic acids is 1. The minimum atomic E-state index is -0.735. The van der Waals surface area contributed by atoms with E-state index in [2.05, 4.69) is 11.1 Å².